The fourth-order valence-corrected chi connectivity index (χ4v) is 3.60. The summed E-state index contributed by atoms with van der Waals surface area (Å²) >= 11 is 10.2. The zero-order chi connectivity index (χ0) is 12.9. The molecular formula is C11H13Br3N2O. The second kappa shape index (κ2) is 6.85. The molecule has 0 saturated carbocycles. The van der Waals surface area contributed by atoms with Crippen molar-refractivity contribution in [3.8, 4) is 0 Å². The van der Waals surface area contributed by atoms with Crippen molar-refractivity contribution in [1.29, 1.82) is 0 Å². The van der Waals surface area contributed by atoms with Crippen LogP contribution in [-0.4, -0.2) is 27.1 Å². The number of carbonyl (C=O) groups excluding carboxylic acids is 1. The highest BCUT2D eigenvalue weighted by Crippen LogP contribution is 2.18. The van der Waals surface area contributed by atoms with Gasteiger partial charge >= 0.3 is 0 Å². The molecule has 1 aromatic heterocycles. The maximum atomic E-state index is 12.1. The van der Waals surface area contributed by atoms with Gasteiger partial charge in [0.2, 0.25) is 0 Å². The highest BCUT2D eigenvalue weighted by atomic mass is 79.9. The summed E-state index contributed by atoms with van der Waals surface area (Å²) in [5, 5.41) is 4.44. The van der Waals surface area contributed by atoms with Gasteiger partial charge in [0.05, 0.1) is 11.1 Å². The van der Waals surface area contributed by atoms with Gasteiger partial charge in [0.25, 0.3) is 5.91 Å². The first-order chi connectivity index (χ1) is 8.06. The van der Waals surface area contributed by atoms with Gasteiger partial charge < -0.3 is 5.32 Å². The topological polar surface area (TPSA) is 42.0 Å². The van der Waals surface area contributed by atoms with E-state index in [0.717, 1.165) is 10.9 Å². The molecule has 0 radical (unpaired) electrons. The molecule has 1 rings (SSSR count). The second-order valence-electron chi connectivity index (χ2n) is 3.75. The third kappa shape index (κ3) is 4.03. The van der Waals surface area contributed by atoms with E-state index in [-0.39, 0.29) is 11.4 Å². The Bertz CT molecular complexity index is 386. The Kier molecular flexibility index (Phi) is 6.09. The molecule has 0 saturated heterocycles. The number of carbonyl (C=O) groups is 1. The van der Waals surface area contributed by atoms with Crippen molar-refractivity contribution in [2.75, 3.05) is 10.7 Å². The van der Waals surface area contributed by atoms with E-state index < -0.39 is 0 Å². The van der Waals surface area contributed by atoms with Gasteiger partial charge in [-0.2, -0.15) is 0 Å². The van der Waals surface area contributed by atoms with Crippen LogP contribution in [0.3, 0.4) is 0 Å². The molecule has 0 aliphatic heterocycles. The van der Waals surface area contributed by atoms with Crippen molar-refractivity contribution in [3.05, 3.63) is 28.5 Å². The van der Waals surface area contributed by atoms with Crippen molar-refractivity contribution >= 4 is 53.7 Å². The van der Waals surface area contributed by atoms with Crippen molar-refractivity contribution in [2.45, 2.75) is 18.9 Å². The molecular weight excluding hydrogens is 416 g/mol. The number of amides is 1. The highest BCUT2D eigenvalue weighted by Gasteiger charge is 2.28. The Morgan fingerprint density at radius 1 is 1.41 bits per heavy atom. The van der Waals surface area contributed by atoms with Crippen molar-refractivity contribution in [3.63, 3.8) is 0 Å². The van der Waals surface area contributed by atoms with Gasteiger partial charge in [-0.05, 0) is 28.4 Å². The summed E-state index contributed by atoms with van der Waals surface area (Å²) in [6.07, 6.45) is 4.05. The molecule has 6 heteroatoms. The maximum absolute atomic E-state index is 12.1. The Morgan fingerprint density at radius 2 is 2.06 bits per heavy atom. The molecule has 3 nitrogen and oxygen atoms in total. The van der Waals surface area contributed by atoms with E-state index in [1.165, 1.54) is 0 Å². The molecule has 0 aliphatic carbocycles. The smallest absolute Gasteiger partial charge is 0.253 e. The van der Waals surface area contributed by atoms with E-state index in [9.17, 15) is 4.79 Å². The molecule has 0 unspecified atom stereocenters. The summed E-state index contributed by atoms with van der Waals surface area (Å²) < 4.78 is 0.796. The minimum atomic E-state index is -0.264. The first kappa shape index (κ1) is 15.1. The van der Waals surface area contributed by atoms with Gasteiger partial charge in [-0.15, -0.1) is 0 Å². The lowest BCUT2D eigenvalue weighted by Crippen LogP contribution is -2.51. The third-order valence-corrected chi connectivity index (χ3v) is 5.11. The molecule has 1 heterocycles. The number of alkyl halides is 2. The van der Waals surface area contributed by atoms with E-state index in [1.54, 1.807) is 18.5 Å². The number of hydrogen-bond donors (Lipinski definition) is 1. The number of rotatable bonds is 5. The molecule has 1 aromatic rings. The first-order valence-corrected chi connectivity index (χ1v) is 8.15. The summed E-state index contributed by atoms with van der Waals surface area (Å²) in [7, 11) is 0. The lowest BCUT2D eigenvalue weighted by Gasteiger charge is -2.30. The number of nitrogens with zero attached hydrogens (tertiary/aromatic N) is 1. The zero-order valence-corrected chi connectivity index (χ0v) is 14.1. The predicted octanol–water partition coefficient (Wildman–Crippen LogP) is 3.51. The molecule has 1 N–H and O–H groups in total. The fraction of sp³-hybridized carbons (Fsp3) is 0.455. The lowest BCUT2D eigenvalue weighted by molar-refractivity contribution is 0.0915. The monoisotopic (exact) mass is 426 g/mol. The van der Waals surface area contributed by atoms with Crippen LogP contribution in [0.15, 0.2) is 22.9 Å². The minimum Gasteiger partial charge on any atom is -0.345 e. The largest absolute Gasteiger partial charge is 0.345 e. The molecule has 94 valence electrons. The van der Waals surface area contributed by atoms with Crippen LogP contribution in [0.2, 0.25) is 0 Å². The number of hydrogen-bond acceptors (Lipinski definition) is 2. The average molecular weight is 429 g/mol. The summed E-state index contributed by atoms with van der Waals surface area (Å²) in [6, 6.07) is 1.76. The first-order valence-electron chi connectivity index (χ1n) is 5.12. The van der Waals surface area contributed by atoms with Gasteiger partial charge in [-0.3, -0.25) is 9.78 Å². The van der Waals surface area contributed by atoms with Crippen LogP contribution in [0.4, 0.5) is 0 Å². The summed E-state index contributed by atoms with van der Waals surface area (Å²) in [6.45, 7) is 2.04. The maximum Gasteiger partial charge on any atom is 0.253 e. The van der Waals surface area contributed by atoms with Gasteiger partial charge in [0, 0.05) is 27.5 Å². The molecule has 0 aromatic carbocycles. The van der Waals surface area contributed by atoms with Crippen LogP contribution < -0.4 is 5.32 Å². The number of pyridine rings is 1. The van der Waals surface area contributed by atoms with Crippen LogP contribution in [0.25, 0.3) is 0 Å². The Morgan fingerprint density at radius 3 is 2.53 bits per heavy atom. The predicted molar refractivity (Wildman–Crippen MR) is 80.0 cm³/mol. The highest BCUT2D eigenvalue weighted by molar-refractivity contribution is 9.10. The van der Waals surface area contributed by atoms with E-state index in [2.05, 4.69) is 58.1 Å². The minimum absolute atomic E-state index is 0.112. The van der Waals surface area contributed by atoms with E-state index >= 15 is 0 Å². The quantitative estimate of drug-likeness (QED) is 0.729. The average Bonchev–Trinajstić information content (AvgIpc) is 2.36. The van der Waals surface area contributed by atoms with Gasteiger partial charge in [-0.25, -0.2) is 0 Å². The molecule has 17 heavy (non-hydrogen) atoms. The van der Waals surface area contributed by atoms with E-state index in [1.807, 2.05) is 6.92 Å². The van der Waals surface area contributed by atoms with Crippen LogP contribution in [0.5, 0.6) is 0 Å². The lowest BCUT2D eigenvalue weighted by atomic mass is 10.0. The van der Waals surface area contributed by atoms with Gasteiger partial charge in [0.15, 0.2) is 0 Å². The van der Waals surface area contributed by atoms with Crippen LogP contribution in [0, 0.1) is 0 Å². The molecule has 1 amide bonds. The Balaban J connectivity index is 2.84. The Hall–Kier alpha value is 0.0600. The number of aromatic nitrogens is 1. The molecule has 0 fully saturated rings. The van der Waals surface area contributed by atoms with Crippen molar-refractivity contribution in [1.82, 2.24) is 10.3 Å². The van der Waals surface area contributed by atoms with Crippen LogP contribution in [-0.2, 0) is 0 Å². The van der Waals surface area contributed by atoms with E-state index in [0.29, 0.717) is 16.2 Å². The van der Waals surface area contributed by atoms with Crippen LogP contribution in [0.1, 0.15) is 23.7 Å². The summed E-state index contributed by atoms with van der Waals surface area (Å²) in [5.74, 6) is -0.112. The zero-order valence-electron chi connectivity index (χ0n) is 9.34. The summed E-state index contributed by atoms with van der Waals surface area (Å²) in [5.41, 5.74) is 0.290. The standard InChI is InChI=1S/C11H13Br3N2O/c1-2-11(6-12,7-13)16-10(17)8-3-9(14)5-15-4-8/h3-5H,2,6-7H2,1H3,(H,16,17). The van der Waals surface area contributed by atoms with Gasteiger partial charge in [-0.1, -0.05) is 38.8 Å². The fourth-order valence-electron chi connectivity index (χ4n) is 1.23. The van der Waals surface area contributed by atoms with Crippen molar-refractivity contribution < 1.29 is 4.79 Å². The molecule has 0 aliphatic rings. The molecule has 0 bridgehead atoms. The Labute approximate surface area is 126 Å². The molecule has 0 spiro atoms. The molecule has 0 atom stereocenters. The van der Waals surface area contributed by atoms with E-state index in [4.69, 9.17) is 0 Å². The number of nitrogens with one attached hydrogen (secondary N) is 1. The SMILES string of the molecule is CCC(CBr)(CBr)NC(=O)c1cncc(Br)c1. The normalized spacial score (nSPS) is 11.3. The number of halogens is 3. The van der Waals surface area contributed by atoms with Crippen LogP contribution >= 0.6 is 47.8 Å². The van der Waals surface area contributed by atoms with Crippen molar-refractivity contribution in [2.24, 2.45) is 0 Å². The van der Waals surface area contributed by atoms with Gasteiger partial charge in [0.1, 0.15) is 0 Å². The summed E-state index contributed by atoms with van der Waals surface area (Å²) in [4.78, 5) is 16.1. The second-order valence-corrected chi connectivity index (χ2v) is 5.78. The third-order valence-electron chi connectivity index (χ3n) is 2.53.